The van der Waals surface area contributed by atoms with Gasteiger partial charge in [-0.2, -0.15) is 15.8 Å². The minimum Gasteiger partial charge on any atom is -0.444 e. The Kier molecular flexibility index (Phi) is 7.82. The lowest BCUT2D eigenvalue weighted by Gasteiger charge is -2.33. The van der Waals surface area contributed by atoms with Gasteiger partial charge in [0, 0.05) is 19.1 Å². The predicted molar refractivity (Wildman–Crippen MR) is 115 cm³/mol. The van der Waals surface area contributed by atoms with E-state index < -0.39 is 33.3 Å². The first-order chi connectivity index (χ1) is 15.0. The molecule has 1 aromatic carbocycles. The van der Waals surface area contributed by atoms with Gasteiger partial charge in [-0.15, -0.1) is 0 Å². The van der Waals surface area contributed by atoms with Gasteiger partial charge in [-0.25, -0.2) is 17.9 Å². The molecule has 1 aliphatic rings. The number of anilines is 1. The first-order valence-electron chi connectivity index (χ1n) is 9.81. The number of amides is 1. The minimum atomic E-state index is -4.00. The van der Waals surface area contributed by atoms with Crippen molar-refractivity contribution >= 4 is 21.8 Å². The average Bonchev–Trinajstić information content (AvgIpc) is 2.73. The summed E-state index contributed by atoms with van der Waals surface area (Å²) in [6.45, 7) is 6.02. The van der Waals surface area contributed by atoms with Crippen LogP contribution in [0.3, 0.4) is 0 Å². The lowest BCUT2D eigenvalue weighted by Crippen LogP contribution is -2.47. The van der Waals surface area contributed by atoms with Gasteiger partial charge in [0.25, 0.3) is 0 Å². The molecule has 2 N–H and O–H groups in total. The van der Waals surface area contributed by atoms with Crippen LogP contribution in [0, 0.1) is 34.0 Å². The van der Waals surface area contributed by atoms with E-state index in [2.05, 4.69) is 10.0 Å². The molecule has 1 fully saturated rings. The Labute approximate surface area is 187 Å². The molecule has 0 atom stereocenters. The molecular formula is C21H24N6O4S. The van der Waals surface area contributed by atoms with E-state index in [0.29, 0.717) is 25.9 Å². The van der Waals surface area contributed by atoms with Crippen molar-refractivity contribution in [1.29, 1.82) is 15.8 Å². The van der Waals surface area contributed by atoms with Crippen LogP contribution in [0.1, 0.15) is 33.6 Å². The molecule has 1 amide bonds. The van der Waals surface area contributed by atoms with Crippen LogP contribution in [-0.4, -0.2) is 44.1 Å². The highest BCUT2D eigenvalue weighted by atomic mass is 32.2. The summed E-state index contributed by atoms with van der Waals surface area (Å²) in [6.07, 6.45) is 0.379. The van der Waals surface area contributed by atoms with Crippen LogP contribution in [0.25, 0.3) is 0 Å². The number of allylic oxidation sites excluding steroid dienone is 2. The molecule has 1 aromatic rings. The number of likely N-dealkylation sites (tertiary alicyclic amines) is 1. The van der Waals surface area contributed by atoms with E-state index in [9.17, 15) is 18.5 Å². The Bertz CT molecular complexity index is 1110. The summed E-state index contributed by atoms with van der Waals surface area (Å²) in [5.41, 5.74) is -1.35. The summed E-state index contributed by atoms with van der Waals surface area (Å²) < 4.78 is 34.0. The third-order valence-corrected chi connectivity index (χ3v) is 6.07. The molecule has 1 saturated heterocycles. The third kappa shape index (κ3) is 6.45. The largest absolute Gasteiger partial charge is 0.444 e. The Morgan fingerprint density at radius 1 is 1.09 bits per heavy atom. The van der Waals surface area contributed by atoms with Crippen LogP contribution in [0.5, 0.6) is 0 Å². The lowest BCUT2D eigenvalue weighted by molar-refractivity contribution is 0.0203. The number of sulfonamides is 1. The second kappa shape index (κ2) is 10.1. The highest BCUT2D eigenvalue weighted by Crippen LogP contribution is 2.24. The molecule has 0 saturated carbocycles. The van der Waals surface area contributed by atoms with Crippen molar-refractivity contribution in [2.45, 2.75) is 50.2 Å². The van der Waals surface area contributed by atoms with Crippen molar-refractivity contribution in [1.82, 2.24) is 9.62 Å². The number of nitrogens with zero attached hydrogens (tertiary/aromatic N) is 4. The molecule has 0 spiro atoms. The second-order valence-corrected chi connectivity index (χ2v) is 9.75. The van der Waals surface area contributed by atoms with E-state index in [1.165, 1.54) is 18.2 Å². The van der Waals surface area contributed by atoms with E-state index in [1.54, 1.807) is 49.9 Å². The number of carbonyl (C=O) groups is 1. The highest BCUT2D eigenvalue weighted by molar-refractivity contribution is 7.89. The molecule has 1 heterocycles. The molecule has 0 aromatic heterocycles. The molecule has 10 nitrogen and oxygen atoms in total. The quantitative estimate of drug-likeness (QED) is 0.640. The zero-order chi connectivity index (χ0) is 23.9. The summed E-state index contributed by atoms with van der Waals surface area (Å²) in [6, 6.07) is 10.4. The Morgan fingerprint density at radius 2 is 1.69 bits per heavy atom. The first kappa shape index (κ1) is 24.7. The fourth-order valence-electron chi connectivity index (χ4n) is 3.01. The predicted octanol–water partition coefficient (Wildman–Crippen LogP) is 2.60. The van der Waals surface area contributed by atoms with Crippen molar-refractivity contribution in [3.63, 3.8) is 0 Å². The maximum Gasteiger partial charge on any atom is 0.410 e. The summed E-state index contributed by atoms with van der Waals surface area (Å²) >= 11 is 0. The summed E-state index contributed by atoms with van der Waals surface area (Å²) in [4.78, 5) is 13.6. The van der Waals surface area contributed by atoms with Gasteiger partial charge in [0.05, 0.1) is 5.69 Å². The second-order valence-electron chi connectivity index (χ2n) is 8.07. The zero-order valence-corrected chi connectivity index (χ0v) is 18.9. The standard InChI is InChI=1S/C21H24N6O4S/c1-21(2,3)31-20(28)27-10-8-16(9-11-27)26-32(29,30)19-7-5-4-6-17(19)25-18(14-24)15(12-22)13-23/h4-7,16,25-26H,8-11H2,1-3H3. The number of hydrogen-bond donors (Lipinski definition) is 2. The van der Waals surface area contributed by atoms with Crippen molar-refractivity contribution in [2.75, 3.05) is 18.4 Å². The van der Waals surface area contributed by atoms with Gasteiger partial charge in [0.15, 0.2) is 5.57 Å². The number of hydrogen-bond acceptors (Lipinski definition) is 8. The third-order valence-electron chi connectivity index (χ3n) is 4.49. The van der Waals surface area contributed by atoms with E-state index >= 15 is 0 Å². The number of rotatable bonds is 5. The Morgan fingerprint density at radius 3 is 2.22 bits per heavy atom. The van der Waals surface area contributed by atoms with Gasteiger partial charge in [0.2, 0.25) is 10.0 Å². The molecule has 0 radical (unpaired) electrons. The van der Waals surface area contributed by atoms with Crippen LogP contribution in [0.2, 0.25) is 0 Å². The van der Waals surface area contributed by atoms with Gasteiger partial charge in [-0.1, -0.05) is 12.1 Å². The van der Waals surface area contributed by atoms with Crippen LogP contribution in [0.4, 0.5) is 10.5 Å². The van der Waals surface area contributed by atoms with Crippen molar-refractivity contribution in [3.8, 4) is 18.2 Å². The molecule has 2 rings (SSSR count). The van der Waals surface area contributed by atoms with Gasteiger partial charge < -0.3 is 15.0 Å². The summed E-state index contributed by atoms with van der Waals surface area (Å²) in [5, 5.41) is 29.8. The Balaban J connectivity index is 2.14. The molecule has 0 unspecified atom stereocenters. The van der Waals surface area contributed by atoms with Gasteiger partial charge >= 0.3 is 6.09 Å². The SMILES string of the molecule is CC(C)(C)OC(=O)N1CCC(NS(=O)(=O)c2ccccc2NC(C#N)=C(C#N)C#N)CC1. The smallest absolute Gasteiger partial charge is 0.410 e. The molecule has 11 heteroatoms. The van der Waals surface area contributed by atoms with Crippen molar-refractivity contribution in [3.05, 3.63) is 35.5 Å². The molecule has 1 aliphatic heterocycles. The zero-order valence-electron chi connectivity index (χ0n) is 18.0. The number of nitrogens with one attached hydrogen (secondary N) is 2. The fourth-order valence-corrected chi connectivity index (χ4v) is 4.48. The van der Waals surface area contributed by atoms with E-state index in [0.717, 1.165) is 0 Å². The number of benzene rings is 1. The molecule has 0 aliphatic carbocycles. The molecule has 168 valence electrons. The van der Waals surface area contributed by atoms with Crippen LogP contribution < -0.4 is 10.0 Å². The monoisotopic (exact) mass is 456 g/mol. The molecule has 0 bridgehead atoms. The van der Waals surface area contributed by atoms with E-state index in [1.807, 2.05) is 0 Å². The lowest BCUT2D eigenvalue weighted by atomic mass is 10.1. The molecular weight excluding hydrogens is 432 g/mol. The fraction of sp³-hybridized carbons (Fsp3) is 0.429. The van der Waals surface area contributed by atoms with Crippen LogP contribution in [0.15, 0.2) is 40.4 Å². The van der Waals surface area contributed by atoms with Crippen molar-refractivity contribution < 1.29 is 17.9 Å². The maximum absolute atomic E-state index is 13.0. The van der Waals surface area contributed by atoms with Crippen molar-refractivity contribution in [2.24, 2.45) is 0 Å². The van der Waals surface area contributed by atoms with Crippen LogP contribution in [-0.2, 0) is 14.8 Å². The topological polar surface area (TPSA) is 159 Å². The maximum atomic E-state index is 13.0. The number of nitriles is 3. The number of ether oxygens (including phenoxy) is 1. The van der Waals surface area contributed by atoms with Gasteiger partial charge in [0.1, 0.15) is 34.4 Å². The number of piperidine rings is 1. The van der Waals surface area contributed by atoms with Gasteiger partial charge in [-0.3, -0.25) is 0 Å². The van der Waals surface area contributed by atoms with E-state index in [4.69, 9.17) is 15.3 Å². The van der Waals surface area contributed by atoms with Gasteiger partial charge in [-0.05, 0) is 45.7 Å². The number of carbonyl (C=O) groups excluding carboxylic acids is 1. The average molecular weight is 457 g/mol. The summed E-state index contributed by atoms with van der Waals surface area (Å²) in [7, 11) is -4.00. The van der Waals surface area contributed by atoms with Crippen LogP contribution >= 0.6 is 0 Å². The number of para-hydroxylation sites is 1. The summed E-state index contributed by atoms with van der Waals surface area (Å²) in [5.74, 6) is 0. The first-order valence-corrected chi connectivity index (χ1v) is 11.3. The minimum absolute atomic E-state index is 0.0609. The normalized spacial score (nSPS) is 14.4. The Hall–Kier alpha value is -3.59. The van der Waals surface area contributed by atoms with E-state index in [-0.39, 0.29) is 16.3 Å². The highest BCUT2D eigenvalue weighted by Gasteiger charge is 2.30. The molecule has 32 heavy (non-hydrogen) atoms.